The molecule has 3 atom stereocenters. The molecule has 1 amide bonds. The van der Waals surface area contributed by atoms with Gasteiger partial charge in [0.25, 0.3) is 0 Å². The van der Waals surface area contributed by atoms with Crippen molar-refractivity contribution in [1.82, 2.24) is 9.80 Å². The van der Waals surface area contributed by atoms with E-state index >= 15 is 0 Å². The molecule has 100 valence electrons. The van der Waals surface area contributed by atoms with Gasteiger partial charge in [-0.2, -0.15) is 0 Å². The number of carbonyl (C=O) groups is 1. The molecular formula is C15H24N2O. The minimum Gasteiger partial charge on any atom is -0.340 e. The van der Waals surface area contributed by atoms with Gasteiger partial charge in [-0.05, 0) is 50.5 Å². The molecule has 3 nitrogen and oxygen atoms in total. The molecule has 2 saturated carbocycles. The van der Waals surface area contributed by atoms with Crippen molar-refractivity contribution < 1.29 is 4.79 Å². The molecule has 0 aromatic carbocycles. The van der Waals surface area contributed by atoms with Gasteiger partial charge >= 0.3 is 0 Å². The van der Waals surface area contributed by atoms with Crippen LogP contribution in [0.5, 0.6) is 0 Å². The maximum absolute atomic E-state index is 12.5. The van der Waals surface area contributed by atoms with Crippen molar-refractivity contribution in [1.29, 1.82) is 0 Å². The van der Waals surface area contributed by atoms with Crippen molar-refractivity contribution in [3.05, 3.63) is 0 Å². The third kappa shape index (κ3) is 1.87. The molecule has 4 rings (SSSR count). The van der Waals surface area contributed by atoms with Gasteiger partial charge < -0.3 is 4.90 Å². The van der Waals surface area contributed by atoms with Crippen molar-refractivity contribution in [2.75, 3.05) is 26.2 Å². The van der Waals surface area contributed by atoms with Crippen LogP contribution in [0.2, 0.25) is 0 Å². The Bertz CT molecular complexity index is 346. The molecule has 2 aliphatic heterocycles. The first-order valence-electron chi connectivity index (χ1n) is 7.84. The second kappa shape index (κ2) is 4.22. The summed E-state index contributed by atoms with van der Waals surface area (Å²) in [4.78, 5) is 17.4. The molecule has 0 spiro atoms. The molecule has 2 saturated heterocycles. The number of fused-ring (bicyclic) bond motifs is 2. The van der Waals surface area contributed by atoms with E-state index in [1.807, 2.05) is 0 Å². The second-order valence-electron chi connectivity index (χ2n) is 6.89. The fraction of sp³-hybridized carbons (Fsp3) is 0.933. The fourth-order valence-electron chi connectivity index (χ4n) is 4.53. The highest BCUT2D eigenvalue weighted by molar-refractivity contribution is 5.79. The van der Waals surface area contributed by atoms with Gasteiger partial charge in [0, 0.05) is 31.6 Å². The van der Waals surface area contributed by atoms with Crippen LogP contribution in [-0.2, 0) is 4.79 Å². The number of hydrogen-bond donors (Lipinski definition) is 0. The van der Waals surface area contributed by atoms with E-state index in [1.165, 1.54) is 45.1 Å². The minimum absolute atomic E-state index is 0.392. The van der Waals surface area contributed by atoms with Crippen LogP contribution in [0.4, 0.5) is 0 Å². The molecule has 3 unspecified atom stereocenters. The predicted octanol–water partition coefficient (Wildman–Crippen LogP) is 1.73. The van der Waals surface area contributed by atoms with Crippen LogP contribution in [0.25, 0.3) is 0 Å². The Hall–Kier alpha value is -0.570. The number of piperazine rings is 1. The van der Waals surface area contributed by atoms with Crippen LogP contribution >= 0.6 is 0 Å². The van der Waals surface area contributed by atoms with Gasteiger partial charge in [-0.15, -0.1) is 0 Å². The summed E-state index contributed by atoms with van der Waals surface area (Å²) in [5, 5.41) is 0. The second-order valence-corrected chi connectivity index (χ2v) is 6.89. The Morgan fingerprint density at radius 3 is 2.61 bits per heavy atom. The van der Waals surface area contributed by atoms with Crippen molar-refractivity contribution >= 4 is 5.91 Å². The van der Waals surface area contributed by atoms with Crippen LogP contribution in [0, 0.1) is 17.8 Å². The Balaban J connectivity index is 1.38. The van der Waals surface area contributed by atoms with Gasteiger partial charge in [-0.25, -0.2) is 0 Å². The molecule has 0 bridgehead atoms. The van der Waals surface area contributed by atoms with Gasteiger partial charge in [-0.1, -0.05) is 6.42 Å². The number of carbonyl (C=O) groups excluding carboxylic acids is 1. The summed E-state index contributed by atoms with van der Waals surface area (Å²) in [6, 6.07) is 0.674. The van der Waals surface area contributed by atoms with E-state index in [2.05, 4.69) is 9.80 Å². The average molecular weight is 248 g/mol. The summed E-state index contributed by atoms with van der Waals surface area (Å²) in [6.07, 6.45) is 7.84. The van der Waals surface area contributed by atoms with Gasteiger partial charge in [-0.3, -0.25) is 9.69 Å². The van der Waals surface area contributed by atoms with Gasteiger partial charge in [0.1, 0.15) is 0 Å². The number of nitrogens with zero attached hydrogens (tertiary/aromatic N) is 2. The third-order valence-corrected chi connectivity index (χ3v) is 5.74. The first-order chi connectivity index (χ1) is 8.81. The Kier molecular flexibility index (Phi) is 2.65. The average Bonchev–Trinajstić information content (AvgIpc) is 3.04. The van der Waals surface area contributed by atoms with Crippen molar-refractivity contribution in [3.8, 4) is 0 Å². The summed E-state index contributed by atoms with van der Waals surface area (Å²) in [5.41, 5.74) is 0. The summed E-state index contributed by atoms with van der Waals surface area (Å²) in [5.74, 6) is 2.74. The summed E-state index contributed by atoms with van der Waals surface area (Å²) in [6.45, 7) is 4.39. The minimum atomic E-state index is 0.392. The topological polar surface area (TPSA) is 23.6 Å². The highest BCUT2D eigenvalue weighted by Crippen LogP contribution is 2.54. The zero-order valence-corrected chi connectivity index (χ0v) is 11.2. The third-order valence-electron chi connectivity index (χ3n) is 5.74. The standard InChI is InChI=1S/C15H24N2O/c18-15(13-8-11-7-12(11)9-13)17-6-5-16-4-2-1-3-14(16)10-17/h11-14H,1-10H2. The lowest BCUT2D eigenvalue weighted by Gasteiger charge is -2.44. The van der Waals surface area contributed by atoms with E-state index in [0.717, 1.165) is 31.5 Å². The smallest absolute Gasteiger partial charge is 0.225 e. The zero-order valence-electron chi connectivity index (χ0n) is 11.2. The summed E-state index contributed by atoms with van der Waals surface area (Å²) < 4.78 is 0. The quantitative estimate of drug-likeness (QED) is 0.705. The van der Waals surface area contributed by atoms with E-state index in [4.69, 9.17) is 0 Å². The molecule has 0 aromatic rings. The first-order valence-corrected chi connectivity index (χ1v) is 7.84. The molecule has 18 heavy (non-hydrogen) atoms. The van der Waals surface area contributed by atoms with Crippen LogP contribution in [0.3, 0.4) is 0 Å². The monoisotopic (exact) mass is 248 g/mol. The van der Waals surface area contributed by atoms with E-state index in [9.17, 15) is 4.79 Å². The molecule has 2 heterocycles. The molecule has 3 heteroatoms. The van der Waals surface area contributed by atoms with Crippen LogP contribution < -0.4 is 0 Å². The number of piperidine rings is 1. The number of rotatable bonds is 1. The lowest BCUT2D eigenvalue weighted by Crippen LogP contribution is -2.57. The SMILES string of the molecule is O=C(C1CC2CC2C1)N1CCN2CCCCC2C1. The predicted molar refractivity (Wildman–Crippen MR) is 70.1 cm³/mol. The largest absolute Gasteiger partial charge is 0.340 e. The van der Waals surface area contributed by atoms with Crippen LogP contribution in [-0.4, -0.2) is 47.9 Å². The molecular weight excluding hydrogens is 224 g/mol. The summed E-state index contributed by atoms with van der Waals surface area (Å²) >= 11 is 0. The van der Waals surface area contributed by atoms with Crippen molar-refractivity contribution in [3.63, 3.8) is 0 Å². The van der Waals surface area contributed by atoms with E-state index in [0.29, 0.717) is 17.9 Å². The van der Waals surface area contributed by atoms with Gasteiger partial charge in [0.05, 0.1) is 0 Å². The Morgan fingerprint density at radius 1 is 0.944 bits per heavy atom. The summed E-state index contributed by atoms with van der Waals surface area (Å²) in [7, 11) is 0. The Labute approximate surface area is 110 Å². The molecule has 0 N–H and O–H groups in total. The molecule has 4 aliphatic rings. The maximum Gasteiger partial charge on any atom is 0.225 e. The lowest BCUT2D eigenvalue weighted by molar-refractivity contribution is -0.139. The highest BCUT2D eigenvalue weighted by Gasteiger charge is 2.49. The normalized spacial score (nSPS) is 43.4. The van der Waals surface area contributed by atoms with Gasteiger partial charge in [0.15, 0.2) is 0 Å². The van der Waals surface area contributed by atoms with E-state index < -0.39 is 0 Å². The molecule has 4 fully saturated rings. The molecule has 0 aromatic heterocycles. The van der Waals surface area contributed by atoms with Crippen molar-refractivity contribution in [2.45, 2.75) is 44.6 Å². The van der Waals surface area contributed by atoms with Gasteiger partial charge in [0.2, 0.25) is 5.91 Å². The van der Waals surface area contributed by atoms with Crippen molar-refractivity contribution in [2.24, 2.45) is 17.8 Å². The molecule has 0 radical (unpaired) electrons. The van der Waals surface area contributed by atoms with Crippen LogP contribution in [0.1, 0.15) is 38.5 Å². The number of hydrogen-bond acceptors (Lipinski definition) is 2. The lowest BCUT2D eigenvalue weighted by atomic mass is 9.97. The van der Waals surface area contributed by atoms with Crippen LogP contribution in [0.15, 0.2) is 0 Å². The Morgan fingerprint density at radius 2 is 1.78 bits per heavy atom. The zero-order chi connectivity index (χ0) is 12.1. The maximum atomic E-state index is 12.5. The number of amides is 1. The van der Waals surface area contributed by atoms with E-state index in [1.54, 1.807) is 0 Å². The van der Waals surface area contributed by atoms with E-state index in [-0.39, 0.29) is 0 Å². The highest BCUT2D eigenvalue weighted by atomic mass is 16.2. The molecule has 2 aliphatic carbocycles. The first kappa shape index (κ1) is 11.3. The fourth-order valence-corrected chi connectivity index (χ4v) is 4.53.